The van der Waals surface area contributed by atoms with Gasteiger partial charge in [0.05, 0.1) is 12.7 Å². The third-order valence-electron chi connectivity index (χ3n) is 3.13. The fraction of sp³-hybridized carbons (Fsp3) is 0.250. The van der Waals surface area contributed by atoms with Gasteiger partial charge in [0, 0.05) is 6.42 Å². The van der Waals surface area contributed by atoms with E-state index < -0.39 is 5.60 Å². The Bertz CT molecular complexity index is 564. The van der Waals surface area contributed by atoms with Gasteiger partial charge in [0.15, 0.2) is 0 Å². The van der Waals surface area contributed by atoms with Crippen LogP contribution in [-0.2, 0) is 12.0 Å². The first-order chi connectivity index (χ1) is 9.01. The minimum absolute atomic E-state index is 0.293. The van der Waals surface area contributed by atoms with E-state index >= 15 is 0 Å². The van der Waals surface area contributed by atoms with Crippen LogP contribution in [0.25, 0.3) is 0 Å². The van der Waals surface area contributed by atoms with Crippen LogP contribution in [0, 0.1) is 5.82 Å². The molecule has 3 heteroatoms. The van der Waals surface area contributed by atoms with E-state index in [2.05, 4.69) is 0 Å². The quantitative estimate of drug-likeness (QED) is 0.914. The molecule has 0 aliphatic heterocycles. The number of methoxy groups -OCH3 is 1. The van der Waals surface area contributed by atoms with Gasteiger partial charge in [-0.2, -0.15) is 0 Å². The zero-order valence-corrected chi connectivity index (χ0v) is 11.1. The molecule has 0 bridgehead atoms. The Balaban J connectivity index is 2.26. The highest BCUT2D eigenvalue weighted by molar-refractivity contribution is 5.33. The monoisotopic (exact) mass is 260 g/mol. The standard InChI is InChI=1S/C16H17FO2/c1-16(18,11-12-5-3-7-14(17)9-12)13-6-4-8-15(10-13)19-2/h3-10,18H,11H2,1-2H3. The highest BCUT2D eigenvalue weighted by Gasteiger charge is 2.24. The smallest absolute Gasteiger partial charge is 0.123 e. The average Bonchev–Trinajstić information content (AvgIpc) is 2.38. The fourth-order valence-corrected chi connectivity index (χ4v) is 2.10. The molecule has 1 unspecified atom stereocenters. The molecule has 2 nitrogen and oxygen atoms in total. The summed E-state index contributed by atoms with van der Waals surface area (Å²) in [4.78, 5) is 0. The van der Waals surface area contributed by atoms with Gasteiger partial charge >= 0.3 is 0 Å². The van der Waals surface area contributed by atoms with Gasteiger partial charge in [0.2, 0.25) is 0 Å². The number of aliphatic hydroxyl groups is 1. The molecule has 1 N–H and O–H groups in total. The van der Waals surface area contributed by atoms with Crippen molar-refractivity contribution in [2.75, 3.05) is 7.11 Å². The largest absolute Gasteiger partial charge is 0.497 e. The number of hydrogen-bond donors (Lipinski definition) is 1. The van der Waals surface area contributed by atoms with Gasteiger partial charge in [-0.05, 0) is 42.3 Å². The molecule has 0 heterocycles. The Morgan fingerprint density at radius 2 is 1.89 bits per heavy atom. The molecule has 100 valence electrons. The topological polar surface area (TPSA) is 29.5 Å². The van der Waals surface area contributed by atoms with E-state index in [1.807, 2.05) is 18.2 Å². The van der Waals surface area contributed by atoms with Gasteiger partial charge in [-0.25, -0.2) is 4.39 Å². The molecule has 0 amide bonds. The number of rotatable bonds is 4. The van der Waals surface area contributed by atoms with Crippen LogP contribution in [0.5, 0.6) is 5.75 Å². The van der Waals surface area contributed by atoms with Crippen molar-refractivity contribution in [3.63, 3.8) is 0 Å². The van der Waals surface area contributed by atoms with Gasteiger partial charge in [0.25, 0.3) is 0 Å². The number of ether oxygens (including phenoxy) is 1. The summed E-state index contributed by atoms with van der Waals surface area (Å²) >= 11 is 0. The molecular weight excluding hydrogens is 243 g/mol. The molecule has 0 saturated heterocycles. The summed E-state index contributed by atoms with van der Waals surface area (Å²) in [6.45, 7) is 1.71. The second-order valence-electron chi connectivity index (χ2n) is 4.81. The fourth-order valence-electron chi connectivity index (χ4n) is 2.10. The van der Waals surface area contributed by atoms with Gasteiger partial charge in [-0.3, -0.25) is 0 Å². The summed E-state index contributed by atoms with van der Waals surface area (Å²) in [7, 11) is 1.58. The lowest BCUT2D eigenvalue weighted by Gasteiger charge is -2.24. The van der Waals surface area contributed by atoms with Crippen molar-refractivity contribution in [3.8, 4) is 5.75 Å². The van der Waals surface area contributed by atoms with Gasteiger partial charge in [0.1, 0.15) is 11.6 Å². The van der Waals surface area contributed by atoms with E-state index in [1.54, 1.807) is 32.2 Å². The van der Waals surface area contributed by atoms with E-state index in [9.17, 15) is 9.50 Å². The zero-order chi connectivity index (χ0) is 13.9. The summed E-state index contributed by atoms with van der Waals surface area (Å²) in [5.74, 6) is 0.399. The van der Waals surface area contributed by atoms with Crippen LogP contribution in [0.2, 0.25) is 0 Å². The van der Waals surface area contributed by atoms with Gasteiger partial charge < -0.3 is 9.84 Å². The number of halogens is 1. The van der Waals surface area contributed by atoms with Crippen LogP contribution < -0.4 is 4.74 Å². The normalized spacial score (nSPS) is 13.9. The highest BCUT2D eigenvalue weighted by atomic mass is 19.1. The van der Waals surface area contributed by atoms with Crippen molar-refractivity contribution >= 4 is 0 Å². The molecule has 0 fully saturated rings. The van der Waals surface area contributed by atoms with E-state index in [0.717, 1.165) is 11.1 Å². The summed E-state index contributed by atoms with van der Waals surface area (Å²) < 4.78 is 18.3. The third-order valence-corrected chi connectivity index (χ3v) is 3.13. The van der Waals surface area contributed by atoms with Crippen molar-refractivity contribution in [1.82, 2.24) is 0 Å². The van der Waals surface area contributed by atoms with Crippen LogP contribution in [0.4, 0.5) is 4.39 Å². The summed E-state index contributed by atoms with van der Waals surface area (Å²) in [5.41, 5.74) is 0.437. The molecule has 2 rings (SSSR count). The molecule has 0 aliphatic carbocycles. The van der Waals surface area contributed by atoms with E-state index in [1.165, 1.54) is 12.1 Å². The van der Waals surface area contributed by atoms with E-state index in [-0.39, 0.29) is 5.82 Å². The Hall–Kier alpha value is -1.87. The van der Waals surface area contributed by atoms with Crippen LogP contribution >= 0.6 is 0 Å². The Labute approximate surface area is 112 Å². The molecule has 0 spiro atoms. The number of benzene rings is 2. The molecule has 19 heavy (non-hydrogen) atoms. The maximum Gasteiger partial charge on any atom is 0.123 e. The zero-order valence-electron chi connectivity index (χ0n) is 11.1. The Morgan fingerprint density at radius 3 is 2.58 bits per heavy atom. The van der Waals surface area contributed by atoms with Crippen molar-refractivity contribution in [2.24, 2.45) is 0 Å². The van der Waals surface area contributed by atoms with Gasteiger partial charge in [-0.1, -0.05) is 24.3 Å². The minimum atomic E-state index is -1.07. The molecular formula is C16H17FO2. The first-order valence-corrected chi connectivity index (χ1v) is 6.12. The maximum absolute atomic E-state index is 13.2. The molecule has 1 atom stereocenters. The lowest BCUT2D eigenvalue weighted by Crippen LogP contribution is -2.24. The van der Waals surface area contributed by atoms with Crippen LogP contribution in [0.3, 0.4) is 0 Å². The van der Waals surface area contributed by atoms with E-state index in [4.69, 9.17) is 4.74 Å². The van der Waals surface area contributed by atoms with E-state index in [0.29, 0.717) is 12.2 Å². The van der Waals surface area contributed by atoms with Crippen molar-refractivity contribution in [3.05, 3.63) is 65.5 Å². The first-order valence-electron chi connectivity index (χ1n) is 6.12. The van der Waals surface area contributed by atoms with Crippen molar-refractivity contribution < 1.29 is 14.2 Å². The predicted molar refractivity (Wildman–Crippen MR) is 72.7 cm³/mol. The third kappa shape index (κ3) is 3.32. The Morgan fingerprint density at radius 1 is 1.16 bits per heavy atom. The summed E-state index contributed by atoms with van der Waals surface area (Å²) in [5, 5.41) is 10.6. The summed E-state index contributed by atoms with van der Waals surface area (Å²) in [6.07, 6.45) is 0.345. The average molecular weight is 260 g/mol. The number of hydrogen-bond acceptors (Lipinski definition) is 2. The first kappa shape index (κ1) is 13.6. The van der Waals surface area contributed by atoms with Crippen LogP contribution in [0.15, 0.2) is 48.5 Å². The Kier molecular flexibility index (Phi) is 3.86. The molecule has 0 aliphatic rings. The minimum Gasteiger partial charge on any atom is -0.497 e. The molecule has 0 saturated carbocycles. The summed E-state index contributed by atoms with van der Waals surface area (Å²) in [6, 6.07) is 13.6. The highest BCUT2D eigenvalue weighted by Crippen LogP contribution is 2.28. The molecule has 2 aromatic rings. The predicted octanol–water partition coefficient (Wildman–Crippen LogP) is 3.28. The molecule has 2 aromatic carbocycles. The van der Waals surface area contributed by atoms with Gasteiger partial charge in [-0.15, -0.1) is 0 Å². The second-order valence-corrected chi connectivity index (χ2v) is 4.81. The second kappa shape index (κ2) is 5.41. The van der Waals surface area contributed by atoms with Crippen molar-refractivity contribution in [1.29, 1.82) is 0 Å². The molecule has 0 aromatic heterocycles. The van der Waals surface area contributed by atoms with Crippen LogP contribution in [0.1, 0.15) is 18.1 Å². The molecule has 0 radical (unpaired) electrons. The van der Waals surface area contributed by atoms with Crippen molar-refractivity contribution in [2.45, 2.75) is 18.9 Å². The maximum atomic E-state index is 13.2. The lowest BCUT2D eigenvalue weighted by atomic mass is 9.89. The SMILES string of the molecule is COc1cccc(C(C)(O)Cc2cccc(F)c2)c1. The van der Waals surface area contributed by atoms with Crippen LogP contribution in [-0.4, -0.2) is 12.2 Å². The lowest BCUT2D eigenvalue weighted by molar-refractivity contribution is 0.0573.